The van der Waals surface area contributed by atoms with Gasteiger partial charge in [-0.25, -0.2) is 15.0 Å². The predicted molar refractivity (Wildman–Crippen MR) is 103 cm³/mol. The molecule has 0 atom stereocenters. The van der Waals surface area contributed by atoms with Crippen LogP contribution >= 0.6 is 0 Å². The monoisotopic (exact) mass is 373 g/mol. The second-order valence-electron chi connectivity index (χ2n) is 6.47. The molecular weight excluding hydrogens is 346 g/mol. The number of nitrogens with one attached hydrogen (secondary N) is 2. The van der Waals surface area contributed by atoms with E-state index in [9.17, 15) is 0 Å². The average Bonchev–Trinajstić information content (AvgIpc) is 2.68. The van der Waals surface area contributed by atoms with Crippen LogP contribution in [-0.4, -0.2) is 54.5 Å². The van der Waals surface area contributed by atoms with Gasteiger partial charge in [0, 0.05) is 13.2 Å². The summed E-state index contributed by atoms with van der Waals surface area (Å²) in [6.07, 6.45) is 3.69. The predicted octanol–water partition coefficient (Wildman–Crippen LogP) is 2.39. The maximum absolute atomic E-state index is 6.09. The minimum Gasteiger partial charge on any atom is -0.475 e. The first-order valence-electron chi connectivity index (χ1n) is 9.22. The van der Waals surface area contributed by atoms with Crippen LogP contribution in [-0.2, 0) is 4.74 Å². The molecule has 27 heavy (non-hydrogen) atoms. The van der Waals surface area contributed by atoms with Gasteiger partial charge in [0.15, 0.2) is 0 Å². The van der Waals surface area contributed by atoms with Crippen LogP contribution in [0, 0.1) is 13.8 Å². The summed E-state index contributed by atoms with van der Waals surface area (Å²) in [6, 6.07) is 3.76. The number of nitrogens with zero attached hydrogens (tertiary/aromatic N) is 3. The number of hydrogen-bond donors (Lipinski definition) is 2. The lowest BCUT2D eigenvalue weighted by molar-refractivity contribution is 0.143. The van der Waals surface area contributed by atoms with Crippen LogP contribution in [0.25, 0.3) is 0 Å². The van der Waals surface area contributed by atoms with E-state index in [-0.39, 0.29) is 6.10 Å². The Balaban J connectivity index is 1.69. The molecule has 0 saturated carbocycles. The number of anilines is 2. The van der Waals surface area contributed by atoms with Gasteiger partial charge < -0.3 is 24.8 Å². The van der Waals surface area contributed by atoms with E-state index in [2.05, 4.69) is 25.6 Å². The van der Waals surface area contributed by atoms with Crippen molar-refractivity contribution in [1.82, 2.24) is 20.3 Å². The summed E-state index contributed by atoms with van der Waals surface area (Å²) < 4.78 is 16.6. The van der Waals surface area contributed by atoms with Crippen molar-refractivity contribution >= 4 is 11.5 Å². The van der Waals surface area contributed by atoms with E-state index in [1.165, 1.54) is 6.33 Å². The van der Waals surface area contributed by atoms with Crippen molar-refractivity contribution in [3.8, 4) is 11.8 Å². The highest BCUT2D eigenvalue weighted by Gasteiger charge is 2.18. The largest absolute Gasteiger partial charge is 0.475 e. The quantitative estimate of drug-likeness (QED) is 0.682. The van der Waals surface area contributed by atoms with Crippen LogP contribution in [0.4, 0.5) is 11.5 Å². The van der Waals surface area contributed by atoms with Gasteiger partial charge in [0.2, 0.25) is 11.8 Å². The second kappa shape index (κ2) is 9.48. The van der Waals surface area contributed by atoms with Crippen molar-refractivity contribution in [1.29, 1.82) is 0 Å². The summed E-state index contributed by atoms with van der Waals surface area (Å²) in [7, 11) is 1.64. The fraction of sp³-hybridized carbons (Fsp3) is 0.526. The van der Waals surface area contributed by atoms with Crippen molar-refractivity contribution in [3.05, 3.63) is 29.7 Å². The molecule has 0 spiro atoms. The molecule has 1 aliphatic rings. The first-order chi connectivity index (χ1) is 13.2. The van der Waals surface area contributed by atoms with Gasteiger partial charge >= 0.3 is 0 Å². The van der Waals surface area contributed by atoms with E-state index >= 15 is 0 Å². The maximum Gasteiger partial charge on any atom is 0.221 e. The fourth-order valence-corrected chi connectivity index (χ4v) is 2.86. The highest BCUT2D eigenvalue weighted by Crippen LogP contribution is 2.27. The standard InChI is InChI=1S/C19H27N5O3/c1-13-18(21-12-22-19(13)27-15-6-8-20-9-7-15)24-16-4-5-17(23-14(16)2)26-11-10-25-3/h4-5,12,15,20H,6-11H2,1-3H3,(H,21,22,24). The molecule has 1 fully saturated rings. The molecule has 0 radical (unpaired) electrons. The van der Waals surface area contributed by atoms with Gasteiger partial charge in [-0.15, -0.1) is 0 Å². The van der Waals surface area contributed by atoms with Crippen molar-refractivity contribution in [2.24, 2.45) is 0 Å². The Morgan fingerprint density at radius 3 is 2.70 bits per heavy atom. The number of aromatic nitrogens is 3. The molecule has 0 unspecified atom stereocenters. The number of methoxy groups -OCH3 is 1. The molecule has 146 valence electrons. The molecule has 8 heteroatoms. The zero-order chi connectivity index (χ0) is 19.1. The van der Waals surface area contributed by atoms with Crippen LogP contribution in [0.15, 0.2) is 18.5 Å². The van der Waals surface area contributed by atoms with Gasteiger partial charge in [-0.2, -0.15) is 0 Å². The van der Waals surface area contributed by atoms with Gasteiger partial charge in [0.05, 0.1) is 23.6 Å². The van der Waals surface area contributed by atoms with Crippen LogP contribution < -0.4 is 20.1 Å². The Kier molecular flexibility index (Phi) is 6.78. The molecule has 3 rings (SSSR count). The second-order valence-corrected chi connectivity index (χ2v) is 6.47. The summed E-state index contributed by atoms with van der Waals surface area (Å²) in [6.45, 7) is 6.84. The lowest BCUT2D eigenvalue weighted by atomic mass is 10.1. The van der Waals surface area contributed by atoms with E-state index in [0.717, 1.165) is 42.9 Å². The van der Waals surface area contributed by atoms with Gasteiger partial charge in [-0.1, -0.05) is 0 Å². The molecule has 1 saturated heterocycles. The van der Waals surface area contributed by atoms with E-state index in [4.69, 9.17) is 14.2 Å². The molecule has 3 heterocycles. The SMILES string of the molecule is COCCOc1ccc(Nc2ncnc(OC3CCNCC3)c2C)c(C)n1. The lowest BCUT2D eigenvalue weighted by Crippen LogP contribution is -2.34. The third-order valence-corrected chi connectivity index (χ3v) is 4.45. The third-order valence-electron chi connectivity index (χ3n) is 4.45. The average molecular weight is 373 g/mol. The number of hydrogen-bond acceptors (Lipinski definition) is 8. The third kappa shape index (κ3) is 5.27. The number of pyridine rings is 1. The smallest absolute Gasteiger partial charge is 0.221 e. The molecule has 0 aromatic carbocycles. The lowest BCUT2D eigenvalue weighted by Gasteiger charge is -2.24. The van der Waals surface area contributed by atoms with Crippen LogP contribution in [0.3, 0.4) is 0 Å². The molecule has 0 bridgehead atoms. The van der Waals surface area contributed by atoms with Crippen LogP contribution in [0.2, 0.25) is 0 Å². The highest BCUT2D eigenvalue weighted by atomic mass is 16.5. The van der Waals surface area contributed by atoms with Gasteiger partial charge in [-0.05, 0) is 45.8 Å². The minimum absolute atomic E-state index is 0.194. The van der Waals surface area contributed by atoms with Crippen molar-refractivity contribution < 1.29 is 14.2 Å². The minimum atomic E-state index is 0.194. The van der Waals surface area contributed by atoms with E-state index in [1.807, 2.05) is 26.0 Å². The zero-order valence-electron chi connectivity index (χ0n) is 16.1. The summed E-state index contributed by atoms with van der Waals surface area (Å²) >= 11 is 0. The summed E-state index contributed by atoms with van der Waals surface area (Å²) in [5, 5.41) is 6.66. The van der Waals surface area contributed by atoms with Crippen LogP contribution in [0.1, 0.15) is 24.1 Å². The molecule has 0 aliphatic carbocycles. The normalized spacial score (nSPS) is 14.8. The molecule has 2 aromatic rings. The van der Waals surface area contributed by atoms with Crippen molar-refractivity contribution in [3.63, 3.8) is 0 Å². The zero-order valence-corrected chi connectivity index (χ0v) is 16.1. The maximum atomic E-state index is 6.09. The Labute approximate surface area is 159 Å². The number of piperidine rings is 1. The topological polar surface area (TPSA) is 90.4 Å². The van der Waals surface area contributed by atoms with Gasteiger partial charge in [-0.3, -0.25) is 0 Å². The van der Waals surface area contributed by atoms with E-state index in [1.54, 1.807) is 7.11 Å². The summed E-state index contributed by atoms with van der Waals surface area (Å²) in [5.41, 5.74) is 2.57. The molecule has 8 nitrogen and oxygen atoms in total. The van der Waals surface area contributed by atoms with Crippen molar-refractivity contribution in [2.45, 2.75) is 32.8 Å². The van der Waals surface area contributed by atoms with Gasteiger partial charge in [0.1, 0.15) is 24.9 Å². The van der Waals surface area contributed by atoms with E-state index < -0.39 is 0 Å². The first kappa shape index (κ1) is 19.3. The summed E-state index contributed by atoms with van der Waals surface area (Å²) in [5.74, 6) is 1.92. The summed E-state index contributed by atoms with van der Waals surface area (Å²) in [4.78, 5) is 13.1. The molecule has 2 aromatic heterocycles. The van der Waals surface area contributed by atoms with Crippen molar-refractivity contribution in [2.75, 3.05) is 38.7 Å². The molecule has 1 aliphatic heterocycles. The van der Waals surface area contributed by atoms with E-state index in [0.29, 0.717) is 30.8 Å². The fourth-order valence-electron chi connectivity index (χ4n) is 2.86. The van der Waals surface area contributed by atoms with Gasteiger partial charge in [0.25, 0.3) is 0 Å². The molecular formula is C19H27N5O3. The Morgan fingerprint density at radius 1 is 1.15 bits per heavy atom. The highest BCUT2D eigenvalue weighted by molar-refractivity contribution is 5.62. The molecule has 0 amide bonds. The Morgan fingerprint density at radius 2 is 1.96 bits per heavy atom. The number of rotatable bonds is 8. The van der Waals surface area contributed by atoms with Crippen LogP contribution in [0.5, 0.6) is 11.8 Å². The molecule has 2 N–H and O–H groups in total. The number of ether oxygens (including phenoxy) is 3. The Bertz CT molecular complexity index is 750. The first-order valence-corrected chi connectivity index (χ1v) is 9.22. The number of aryl methyl sites for hydroxylation is 1. The Hall–Kier alpha value is -2.45.